The van der Waals surface area contributed by atoms with Gasteiger partial charge in [-0.1, -0.05) is 146 Å². The van der Waals surface area contributed by atoms with Gasteiger partial charge < -0.3 is 13.4 Å². The molecule has 65 heavy (non-hydrogen) atoms. The van der Waals surface area contributed by atoms with Crippen molar-refractivity contribution in [1.82, 2.24) is 19.5 Å². The molecule has 302 valence electrons. The molecule has 6 heteroatoms. The van der Waals surface area contributed by atoms with Gasteiger partial charge in [0, 0.05) is 49.0 Å². The maximum Gasteiger partial charge on any atom is 0.166 e. The Labute approximate surface area is 371 Å². The summed E-state index contributed by atoms with van der Waals surface area (Å²) < 4.78 is 15.4. The number of aromatic nitrogens is 4. The van der Waals surface area contributed by atoms with Crippen molar-refractivity contribution in [2.75, 3.05) is 0 Å². The summed E-state index contributed by atoms with van der Waals surface area (Å²) in [4.78, 5) is 16.2. The number of rotatable bonds is 5. The molecule has 6 nitrogen and oxygen atoms in total. The highest BCUT2D eigenvalue weighted by Gasteiger charge is 2.26. The fraction of sp³-hybridized carbons (Fsp3) is 0. The molecule has 4 heterocycles. The SMILES string of the molecule is c1ccc(-c2cccc(-c3nc(-c4ccc5oc6ccccc6c5c4)nc(-c4ccc5oc6ccccc6c5c4-n4c5cc6ccccc6cc5c5ccc6ccccc6c54)n3)c2)cc1. The molecule has 0 aliphatic rings. The lowest BCUT2D eigenvalue weighted by Crippen LogP contribution is -2.04. The van der Waals surface area contributed by atoms with E-state index in [1.807, 2.05) is 48.5 Å². The van der Waals surface area contributed by atoms with Crippen molar-refractivity contribution in [1.29, 1.82) is 0 Å². The quantitative estimate of drug-likeness (QED) is 0.173. The van der Waals surface area contributed by atoms with Crippen molar-refractivity contribution in [3.8, 4) is 51.0 Å². The molecule has 0 saturated heterocycles. The van der Waals surface area contributed by atoms with Crippen LogP contribution in [0.15, 0.2) is 215 Å². The Kier molecular flexibility index (Phi) is 7.59. The maximum absolute atomic E-state index is 6.70. The van der Waals surface area contributed by atoms with Crippen LogP contribution in [0.3, 0.4) is 0 Å². The van der Waals surface area contributed by atoms with Crippen LogP contribution in [-0.2, 0) is 0 Å². The maximum atomic E-state index is 6.70. The van der Waals surface area contributed by atoms with Crippen LogP contribution in [0.5, 0.6) is 0 Å². The molecule has 10 aromatic carbocycles. The lowest BCUT2D eigenvalue weighted by atomic mass is 10.0. The Hall–Kier alpha value is -8.87. The second kappa shape index (κ2) is 13.8. The third kappa shape index (κ3) is 5.51. The van der Waals surface area contributed by atoms with Crippen LogP contribution in [0.4, 0.5) is 0 Å². The first kappa shape index (κ1) is 35.7. The zero-order chi connectivity index (χ0) is 42.6. The lowest BCUT2D eigenvalue weighted by Gasteiger charge is -2.17. The first-order valence-corrected chi connectivity index (χ1v) is 21.8. The summed E-state index contributed by atoms with van der Waals surface area (Å²) >= 11 is 0. The molecule has 14 aromatic rings. The molecule has 0 fully saturated rings. The van der Waals surface area contributed by atoms with E-state index < -0.39 is 0 Å². The molecular formula is C59H34N4O2. The average Bonchev–Trinajstić information content (AvgIpc) is 4.05. The van der Waals surface area contributed by atoms with E-state index in [9.17, 15) is 0 Å². The molecule has 0 aliphatic carbocycles. The normalized spacial score (nSPS) is 12.0. The summed E-state index contributed by atoms with van der Waals surface area (Å²) in [5, 5.41) is 11.0. The van der Waals surface area contributed by atoms with Gasteiger partial charge in [-0.2, -0.15) is 0 Å². The molecule has 0 bridgehead atoms. The van der Waals surface area contributed by atoms with Gasteiger partial charge in [-0.3, -0.25) is 0 Å². The smallest absolute Gasteiger partial charge is 0.166 e. The Bertz CT molecular complexity index is 4250. The Morgan fingerprint density at radius 2 is 0.923 bits per heavy atom. The van der Waals surface area contributed by atoms with Gasteiger partial charge in [-0.05, 0) is 87.9 Å². The van der Waals surface area contributed by atoms with E-state index in [0.717, 1.165) is 115 Å². The highest BCUT2D eigenvalue weighted by molar-refractivity contribution is 6.23. The predicted octanol–water partition coefficient (Wildman–Crippen LogP) is 15.7. The van der Waals surface area contributed by atoms with Crippen LogP contribution in [0.1, 0.15) is 0 Å². The molecule has 0 N–H and O–H groups in total. The topological polar surface area (TPSA) is 69.9 Å². The Balaban J connectivity index is 1.12. The van der Waals surface area contributed by atoms with Crippen LogP contribution >= 0.6 is 0 Å². The second-order valence-corrected chi connectivity index (χ2v) is 16.7. The number of fused-ring (bicyclic) bond motifs is 12. The highest BCUT2D eigenvalue weighted by Crippen LogP contribution is 2.46. The zero-order valence-corrected chi connectivity index (χ0v) is 34.7. The number of hydrogen-bond acceptors (Lipinski definition) is 5. The fourth-order valence-electron chi connectivity index (χ4n) is 9.99. The van der Waals surface area contributed by atoms with Crippen molar-refractivity contribution in [3.63, 3.8) is 0 Å². The summed E-state index contributed by atoms with van der Waals surface area (Å²) in [7, 11) is 0. The molecule has 0 saturated carbocycles. The average molecular weight is 831 g/mol. The van der Waals surface area contributed by atoms with Gasteiger partial charge in [0.25, 0.3) is 0 Å². The van der Waals surface area contributed by atoms with Crippen molar-refractivity contribution in [3.05, 3.63) is 206 Å². The number of benzene rings is 10. The van der Waals surface area contributed by atoms with E-state index in [2.05, 4.69) is 162 Å². The summed E-state index contributed by atoms with van der Waals surface area (Å²) in [6.45, 7) is 0. The fourth-order valence-corrected chi connectivity index (χ4v) is 9.99. The van der Waals surface area contributed by atoms with Gasteiger partial charge >= 0.3 is 0 Å². The second-order valence-electron chi connectivity index (χ2n) is 16.7. The van der Waals surface area contributed by atoms with Crippen LogP contribution in [0, 0.1) is 0 Å². The molecule has 0 amide bonds. The third-order valence-electron chi connectivity index (χ3n) is 13.0. The van der Waals surface area contributed by atoms with Gasteiger partial charge in [0.2, 0.25) is 0 Å². The first-order valence-electron chi connectivity index (χ1n) is 21.8. The highest BCUT2D eigenvalue weighted by atomic mass is 16.3. The van der Waals surface area contributed by atoms with Crippen molar-refractivity contribution < 1.29 is 8.83 Å². The Morgan fingerprint density at radius 3 is 1.75 bits per heavy atom. The molecule has 0 aliphatic heterocycles. The predicted molar refractivity (Wildman–Crippen MR) is 265 cm³/mol. The lowest BCUT2D eigenvalue weighted by molar-refractivity contribution is 0.668. The van der Waals surface area contributed by atoms with Crippen molar-refractivity contribution >= 4 is 87.2 Å². The summed E-state index contributed by atoms with van der Waals surface area (Å²) in [5.74, 6) is 1.68. The van der Waals surface area contributed by atoms with Crippen LogP contribution < -0.4 is 0 Å². The number of hydrogen-bond donors (Lipinski definition) is 0. The van der Waals surface area contributed by atoms with Crippen LogP contribution in [0.2, 0.25) is 0 Å². The van der Waals surface area contributed by atoms with Crippen molar-refractivity contribution in [2.24, 2.45) is 0 Å². The zero-order valence-electron chi connectivity index (χ0n) is 34.7. The van der Waals surface area contributed by atoms with E-state index >= 15 is 0 Å². The van der Waals surface area contributed by atoms with Gasteiger partial charge in [-0.15, -0.1) is 0 Å². The number of nitrogens with zero attached hydrogens (tertiary/aromatic N) is 4. The minimum absolute atomic E-state index is 0.547. The molecule has 0 unspecified atom stereocenters. The van der Waals surface area contributed by atoms with E-state index in [1.165, 1.54) is 5.39 Å². The summed E-state index contributed by atoms with van der Waals surface area (Å²) in [6.07, 6.45) is 0. The van der Waals surface area contributed by atoms with Gasteiger partial charge in [0.1, 0.15) is 22.3 Å². The molecule has 0 spiro atoms. The third-order valence-corrected chi connectivity index (χ3v) is 13.0. The van der Waals surface area contributed by atoms with Gasteiger partial charge in [0.05, 0.1) is 22.1 Å². The Morgan fingerprint density at radius 1 is 0.323 bits per heavy atom. The standard InChI is InChI=1S/C59H34N4O2/c1-2-13-35(14-3-1)37-18-12-19-40(31-37)57-60-58(41-26-29-52-48(33-41)43-21-8-10-23-50(43)64-52)62-59(61-57)46-28-30-53-54(45-22-9-11-24-51(45)65-53)56(46)63-49-34-39-17-5-4-16-38(39)32-47(49)44-27-25-36-15-6-7-20-42(36)55(44)63/h1-34H. The van der Waals surface area contributed by atoms with Crippen LogP contribution in [-0.4, -0.2) is 19.5 Å². The van der Waals surface area contributed by atoms with E-state index in [-0.39, 0.29) is 0 Å². The number of furan rings is 2. The summed E-state index contributed by atoms with van der Waals surface area (Å²) in [5.41, 5.74) is 11.2. The molecule has 0 radical (unpaired) electrons. The monoisotopic (exact) mass is 830 g/mol. The minimum Gasteiger partial charge on any atom is -0.456 e. The first-order chi connectivity index (χ1) is 32.2. The van der Waals surface area contributed by atoms with Crippen molar-refractivity contribution in [2.45, 2.75) is 0 Å². The van der Waals surface area contributed by atoms with Gasteiger partial charge in [-0.25, -0.2) is 15.0 Å². The summed E-state index contributed by atoms with van der Waals surface area (Å²) in [6, 6.07) is 72.2. The largest absolute Gasteiger partial charge is 0.456 e. The minimum atomic E-state index is 0.547. The van der Waals surface area contributed by atoms with E-state index in [0.29, 0.717) is 17.5 Å². The van der Waals surface area contributed by atoms with E-state index in [4.69, 9.17) is 23.8 Å². The van der Waals surface area contributed by atoms with Crippen LogP contribution in [0.25, 0.3) is 138 Å². The van der Waals surface area contributed by atoms with E-state index in [1.54, 1.807) is 0 Å². The molecule has 4 aromatic heterocycles. The number of para-hydroxylation sites is 2. The molecule has 0 atom stereocenters. The molecule has 14 rings (SSSR count). The van der Waals surface area contributed by atoms with Gasteiger partial charge in [0.15, 0.2) is 17.5 Å². The molecular weight excluding hydrogens is 797 g/mol.